The number of benzene rings is 1. The maximum Gasteiger partial charge on any atom is 0.274 e. The van der Waals surface area contributed by atoms with Crippen molar-refractivity contribution in [2.75, 3.05) is 10.6 Å². The first-order chi connectivity index (χ1) is 9.31. The zero-order valence-electron chi connectivity index (χ0n) is 10.5. The number of nitrogens with one attached hydrogen (secondary N) is 2. The van der Waals surface area contributed by atoms with Gasteiger partial charge in [-0.15, -0.1) is 0 Å². The quantitative estimate of drug-likeness (QED) is 0.880. The molecule has 0 radical (unpaired) electrons. The van der Waals surface area contributed by atoms with Crippen LogP contribution in [0.2, 0.25) is 0 Å². The summed E-state index contributed by atoms with van der Waals surface area (Å²) in [4.78, 5) is 16.1. The minimum absolute atomic E-state index is 0.191. The first kappa shape index (κ1) is 11.7. The van der Waals surface area contributed by atoms with E-state index < -0.39 is 0 Å². The summed E-state index contributed by atoms with van der Waals surface area (Å²) in [6, 6.07) is 13.6. The fourth-order valence-corrected chi connectivity index (χ4v) is 1.79. The van der Waals surface area contributed by atoms with Crippen LogP contribution in [0.4, 0.5) is 11.4 Å². The van der Waals surface area contributed by atoms with Gasteiger partial charge in [-0.05, 0) is 37.1 Å². The van der Waals surface area contributed by atoms with Crippen LogP contribution in [0.1, 0.15) is 23.3 Å². The lowest BCUT2D eigenvalue weighted by Crippen LogP contribution is -2.13. The van der Waals surface area contributed by atoms with Gasteiger partial charge in [0.1, 0.15) is 5.69 Å². The monoisotopic (exact) mass is 253 g/mol. The third-order valence-electron chi connectivity index (χ3n) is 2.98. The second-order valence-electron chi connectivity index (χ2n) is 4.67. The molecule has 4 heteroatoms. The van der Waals surface area contributed by atoms with Crippen molar-refractivity contribution in [3.8, 4) is 0 Å². The molecule has 4 nitrogen and oxygen atoms in total. The summed E-state index contributed by atoms with van der Waals surface area (Å²) in [5.41, 5.74) is 2.17. The van der Waals surface area contributed by atoms with E-state index in [1.165, 1.54) is 12.8 Å². The van der Waals surface area contributed by atoms with Crippen molar-refractivity contribution in [1.82, 2.24) is 4.98 Å². The van der Waals surface area contributed by atoms with Crippen LogP contribution in [0.5, 0.6) is 0 Å². The van der Waals surface area contributed by atoms with E-state index in [-0.39, 0.29) is 5.91 Å². The van der Waals surface area contributed by atoms with E-state index in [2.05, 4.69) is 15.6 Å². The molecule has 0 aliphatic heterocycles. The normalized spacial score (nSPS) is 13.9. The van der Waals surface area contributed by atoms with E-state index in [4.69, 9.17) is 0 Å². The van der Waals surface area contributed by atoms with Crippen LogP contribution in [0.25, 0.3) is 0 Å². The second kappa shape index (κ2) is 5.10. The smallest absolute Gasteiger partial charge is 0.274 e. The highest BCUT2D eigenvalue weighted by atomic mass is 16.1. The van der Waals surface area contributed by atoms with Gasteiger partial charge in [-0.1, -0.05) is 18.2 Å². The molecule has 1 fully saturated rings. The van der Waals surface area contributed by atoms with E-state index >= 15 is 0 Å². The minimum Gasteiger partial charge on any atom is -0.381 e. The number of pyridine rings is 1. The van der Waals surface area contributed by atoms with Crippen molar-refractivity contribution < 1.29 is 4.79 Å². The summed E-state index contributed by atoms with van der Waals surface area (Å²) in [6.45, 7) is 0. The molecule has 2 N–H and O–H groups in total. The lowest BCUT2D eigenvalue weighted by molar-refractivity contribution is 0.102. The summed E-state index contributed by atoms with van der Waals surface area (Å²) in [6.07, 6.45) is 4.14. The summed E-state index contributed by atoms with van der Waals surface area (Å²) in [5.74, 6) is -0.191. The van der Waals surface area contributed by atoms with Crippen molar-refractivity contribution in [1.29, 1.82) is 0 Å². The van der Waals surface area contributed by atoms with E-state index in [1.54, 1.807) is 12.3 Å². The number of para-hydroxylation sites is 1. The van der Waals surface area contributed by atoms with E-state index in [0.717, 1.165) is 11.4 Å². The molecule has 2 aromatic rings. The van der Waals surface area contributed by atoms with Gasteiger partial charge >= 0.3 is 0 Å². The molecule has 0 spiro atoms. The predicted octanol–water partition coefficient (Wildman–Crippen LogP) is 2.91. The molecule has 1 aromatic heterocycles. The molecule has 1 aromatic carbocycles. The average Bonchev–Trinajstić information content (AvgIpc) is 3.25. The van der Waals surface area contributed by atoms with E-state index in [1.807, 2.05) is 36.4 Å². The fraction of sp³-hybridized carbons (Fsp3) is 0.200. The Morgan fingerprint density at radius 2 is 1.84 bits per heavy atom. The molecule has 1 amide bonds. The standard InChI is InChI=1S/C15H15N3O/c19-15(18-11-4-2-1-3-5-11)14-9-8-13(10-16-14)17-12-6-7-12/h1-5,8-10,12,17H,6-7H2,(H,18,19). The summed E-state index contributed by atoms with van der Waals surface area (Å²) < 4.78 is 0. The highest BCUT2D eigenvalue weighted by Gasteiger charge is 2.20. The minimum atomic E-state index is -0.191. The Kier molecular flexibility index (Phi) is 3.14. The van der Waals surface area contributed by atoms with Crippen molar-refractivity contribution in [2.24, 2.45) is 0 Å². The van der Waals surface area contributed by atoms with Crippen molar-refractivity contribution in [2.45, 2.75) is 18.9 Å². The van der Waals surface area contributed by atoms with E-state index in [0.29, 0.717) is 11.7 Å². The SMILES string of the molecule is O=C(Nc1ccccc1)c1ccc(NC2CC2)cn1. The van der Waals surface area contributed by atoms with Crippen LogP contribution in [0.15, 0.2) is 48.7 Å². The number of hydrogen-bond donors (Lipinski definition) is 2. The summed E-state index contributed by atoms with van der Waals surface area (Å²) in [5, 5.41) is 6.15. The van der Waals surface area contributed by atoms with Crippen molar-refractivity contribution in [3.63, 3.8) is 0 Å². The first-order valence-corrected chi connectivity index (χ1v) is 6.40. The largest absolute Gasteiger partial charge is 0.381 e. The Bertz CT molecular complexity index is 562. The maximum atomic E-state index is 12.0. The second-order valence-corrected chi connectivity index (χ2v) is 4.67. The number of rotatable bonds is 4. The number of nitrogens with zero attached hydrogens (tertiary/aromatic N) is 1. The molecule has 1 saturated carbocycles. The van der Waals surface area contributed by atoms with Gasteiger partial charge in [-0.3, -0.25) is 4.79 Å². The Hall–Kier alpha value is -2.36. The Labute approximate surface area is 111 Å². The van der Waals surface area contributed by atoms with Crippen LogP contribution < -0.4 is 10.6 Å². The van der Waals surface area contributed by atoms with Gasteiger partial charge in [0.25, 0.3) is 5.91 Å². The highest BCUT2D eigenvalue weighted by molar-refractivity contribution is 6.02. The molecule has 0 unspecified atom stereocenters. The Morgan fingerprint density at radius 3 is 2.47 bits per heavy atom. The molecule has 0 atom stereocenters. The third kappa shape index (κ3) is 3.10. The van der Waals surface area contributed by atoms with Crippen LogP contribution in [0, 0.1) is 0 Å². The van der Waals surface area contributed by atoms with Crippen LogP contribution in [-0.2, 0) is 0 Å². The lowest BCUT2D eigenvalue weighted by Gasteiger charge is -2.06. The van der Waals surface area contributed by atoms with Gasteiger partial charge in [0, 0.05) is 11.7 Å². The highest BCUT2D eigenvalue weighted by Crippen LogP contribution is 2.24. The number of anilines is 2. The molecule has 19 heavy (non-hydrogen) atoms. The Morgan fingerprint density at radius 1 is 1.05 bits per heavy atom. The molecule has 0 saturated heterocycles. The van der Waals surface area contributed by atoms with Crippen LogP contribution >= 0.6 is 0 Å². The van der Waals surface area contributed by atoms with Gasteiger partial charge < -0.3 is 10.6 Å². The van der Waals surface area contributed by atoms with Gasteiger partial charge in [0.15, 0.2) is 0 Å². The molecule has 1 heterocycles. The molecular formula is C15H15N3O. The molecular weight excluding hydrogens is 238 g/mol. The first-order valence-electron chi connectivity index (χ1n) is 6.40. The number of carbonyl (C=O) groups excluding carboxylic acids is 1. The van der Waals surface area contributed by atoms with Gasteiger partial charge in [-0.2, -0.15) is 0 Å². The maximum absolute atomic E-state index is 12.0. The van der Waals surface area contributed by atoms with E-state index in [9.17, 15) is 4.79 Å². The third-order valence-corrected chi connectivity index (χ3v) is 2.98. The molecule has 1 aliphatic carbocycles. The number of amides is 1. The summed E-state index contributed by atoms with van der Waals surface area (Å²) >= 11 is 0. The zero-order chi connectivity index (χ0) is 13.1. The topological polar surface area (TPSA) is 54.0 Å². The summed E-state index contributed by atoms with van der Waals surface area (Å²) in [7, 11) is 0. The van der Waals surface area contributed by atoms with Crippen LogP contribution in [0.3, 0.4) is 0 Å². The average molecular weight is 253 g/mol. The fourth-order valence-electron chi connectivity index (χ4n) is 1.79. The lowest BCUT2D eigenvalue weighted by atomic mass is 10.3. The van der Waals surface area contributed by atoms with Gasteiger partial charge in [0.2, 0.25) is 0 Å². The molecule has 3 rings (SSSR count). The predicted molar refractivity (Wildman–Crippen MR) is 75.3 cm³/mol. The van der Waals surface area contributed by atoms with Crippen molar-refractivity contribution >= 4 is 17.3 Å². The number of aromatic nitrogens is 1. The van der Waals surface area contributed by atoms with Gasteiger partial charge in [-0.25, -0.2) is 4.98 Å². The molecule has 96 valence electrons. The van der Waals surface area contributed by atoms with Crippen molar-refractivity contribution in [3.05, 3.63) is 54.4 Å². The zero-order valence-corrected chi connectivity index (χ0v) is 10.5. The van der Waals surface area contributed by atoms with Gasteiger partial charge in [0.05, 0.1) is 11.9 Å². The number of carbonyl (C=O) groups is 1. The number of hydrogen-bond acceptors (Lipinski definition) is 3. The Balaban J connectivity index is 1.65. The molecule has 1 aliphatic rings. The van der Waals surface area contributed by atoms with Crippen LogP contribution in [-0.4, -0.2) is 16.9 Å². The molecule has 0 bridgehead atoms.